The fourth-order valence-electron chi connectivity index (χ4n) is 4.15. The number of amides is 2. The highest BCUT2D eigenvalue weighted by Crippen LogP contribution is 2.37. The molecule has 0 unspecified atom stereocenters. The van der Waals surface area contributed by atoms with Crippen LogP contribution in [0, 0.1) is 5.82 Å². The van der Waals surface area contributed by atoms with Crippen LogP contribution in [-0.2, 0) is 17.9 Å². The van der Waals surface area contributed by atoms with Crippen LogP contribution in [-0.4, -0.2) is 30.4 Å². The van der Waals surface area contributed by atoms with Gasteiger partial charge >= 0.3 is 0 Å². The van der Waals surface area contributed by atoms with Crippen molar-refractivity contribution >= 4 is 11.8 Å². The maximum Gasteiger partial charge on any atom is 0.255 e. The molecule has 0 aliphatic carbocycles. The summed E-state index contributed by atoms with van der Waals surface area (Å²) < 4.78 is 24.3. The molecule has 1 heterocycles. The van der Waals surface area contributed by atoms with Crippen molar-refractivity contribution in [2.24, 2.45) is 0 Å². The highest BCUT2D eigenvalue weighted by molar-refractivity contribution is 5.98. The van der Waals surface area contributed by atoms with Gasteiger partial charge in [-0.25, -0.2) is 4.39 Å². The van der Waals surface area contributed by atoms with Crippen molar-refractivity contribution in [3.05, 3.63) is 94.8 Å². The Morgan fingerprint density at radius 3 is 2.56 bits per heavy atom. The highest BCUT2D eigenvalue weighted by Gasteiger charge is 2.34. The van der Waals surface area contributed by atoms with E-state index >= 15 is 0 Å². The molecule has 0 radical (unpaired) electrons. The molecule has 1 N–H and O–H groups in total. The number of halogens is 1. The van der Waals surface area contributed by atoms with Gasteiger partial charge in [-0.05, 0) is 53.9 Å². The molecule has 34 heavy (non-hydrogen) atoms. The van der Waals surface area contributed by atoms with Crippen LogP contribution in [0.25, 0.3) is 0 Å². The van der Waals surface area contributed by atoms with Crippen molar-refractivity contribution in [1.82, 2.24) is 10.2 Å². The van der Waals surface area contributed by atoms with E-state index in [0.717, 1.165) is 16.7 Å². The van der Waals surface area contributed by atoms with Gasteiger partial charge in [-0.3, -0.25) is 9.59 Å². The molecule has 1 aliphatic rings. The molecule has 0 saturated carbocycles. The molecule has 7 heteroatoms. The molecule has 1 aliphatic heterocycles. The van der Waals surface area contributed by atoms with Gasteiger partial charge < -0.3 is 19.7 Å². The van der Waals surface area contributed by atoms with E-state index in [0.29, 0.717) is 30.2 Å². The number of hydrogen-bond acceptors (Lipinski definition) is 4. The van der Waals surface area contributed by atoms with Gasteiger partial charge in [-0.2, -0.15) is 0 Å². The Morgan fingerprint density at radius 1 is 1.09 bits per heavy atom. The SMILES string of the molecule is CCOc1ccc([C@H](CC(=O)NCc2ccc(F)cc2)N2Cc3ccccc3C2=O)cc1OC. The maximum atomic E-state index is 13.2. The number of hydrogen-bond donors (Lipinski definition) is 1. The fourth-order valence-corrected chi connectivity index (χ4v) is 4.15. The monoisotopic (exact) mass is 462 g/mol. The Labute approximate surface area is 198 Å². The number of nitrogens with zero attached hydrogens (tertiary/aromatic N) is 1. The average Bonchev–Trinajstić information content (AvgIpc) is 3.19. The summed E-state index contributed by atoms with van der Waals surface area (Å²) in [5.41, 5.74) is 3.15. The molecule has 0 aromatic heterocycles. The molecule has 0 spiro atoms. The van der Waals surface area contributed by atoms with Crippen LogP contribution in [0.2, 0.25) is 0 Å². The Hall–Kier alpha value is -3.87. The third-order valence-electron chi connectivity index (χ3n) is 5.88. The highest BCUT2D eigenvalue weighted by atomic mass is 19.1. The number of ether oxygens (including phenoxy) is 2. The standard InChI is InChI=1S/C27H27FN2O4/c1-3-34-24-13-10-19(14-25(24)33-2)23(30-17-20-6-4-5-7-22(20)27(30)32)15-26(31)29-16-18-8-11-21(28)12-9-18/h4-14,23H,3,15-17H2,1-2H3,(H,29,31)/t23-/m0/s1. The number of rotatable bonds is 9. The van der Waals surface area contributed by atoms with Crippen molar-refractivity contribution in [3.63, 3.8) is 0 Å². The minimum Gasteiger partial charge on any atom is -0.493 e. The van der Waals surface area contributed by atoms with Crippen molar-refractivity contribution in [3.8, 4) is 11.5 Å². The quantitative estimate of drug-likeness (QED) is 0.503. The van der Waals surface area contributed by atoms with Gasteiger partial charge in [0.05, 0.1) is 26.2 Å². The molecular formula is C27H27FN2O4. The molecule has 3 aromatic rings. The maximum absolute atomic E-state index is 13.2. The van der Waals surface area contributed by atoms with E-state index in [4.69, 9.17) is 9.47 Å². The van der Waals surface area contributed by atoms with E-state index in [1.54, 1.807) is 30.2 Å². The zero-order valence-corrected chi connectivity index (χ0v) is 19.2. The third kappa shape index (κ3) is 5.03. The van der Waals surface area contributed by atoms with Crippen LogP contribution in [0.3, 0.4) is 0 Å². The molecule has 6 nitrogen and oxygen atoms in total. The first kappa shape index (κ1) is 23.3. The van der Waals surface area contributed by atoms with Gasteiger partial charge in [-0.15, -0.1) is 0 Å². The van der Waals surface area contributed by atoms with Crippen LogP contribution in [0.5, 0.6) is 11.5 Å². The molecule has 1 atom stereocenters. The first-order valence-corrected chi connectivity index (χ1v) is 11.2. The lowest BCUT2D eigenvalue weighted by Gasteiger charge is -2.28. The van der Waals surface area contributed by atoms with Crippen LogP contribution in [0.4, 0.5) is 4.39 Å². The lowest BCUT2D eigenvalue weighted by Crippen LogP contribution is -2.34. The van der Waals surface area contributed by atoms with Crippen LogP contribution in [0.15, 0.2) is 66.7 Å². The first-order chi connectivity index (χ1) is 16.5. The van der Waals surface area contributed by atoms with Gasteiger partial charge in [0.25, 0.3) is 5.91 Å². The topological polar surface area (TPSA) is 67.9 Å². The molecule has 4 rings (SSSR count). The average molecular weight is 463 g/mol. The number of carbonyl (C=O) groups is 2. The second-order valence-corrected chi connectivity index (χ2v) is 8.06. The molecule has 0 bridgehead atoms. The lowest BCUT2D eigenvalue weighted by molar-refractivity contribution is -0.122. The van der Waals surface area contributed by atoms with Gasteiger partial charge in [0.1, 0.15) is 5.82 Å². The molecule has 176 valence electrons. The number of benzene rings is 3. The normalized spacial score (nSPS) is 13.4. The second kappa shape index (κ2) is 10.4. The number of fused-ring (bicyclic) bond motifs is 1. The number of carbonyl (C=O) groups excluding carboxylic acids is 2. The zero-order chi connectivity index (χ0) is 24.1. The van der Waals surface area contributed by atoms with E-state index in [1.165, 1.54) is 12.1 Å². The number of methoxy groups -OCH3 is 1. The largest absolute Gasteiger partial charge is 0.493 e. The Bertz CT molecular complexity index is 1180. The van der Waals surface area contributed by atoms with E-state index in [9.17, 15) is 14.0 Å². The summed E-state index contributed by atoms with van der Waals surface area (Å²) in [4.78, 5) is 27.9. The van der Waals surface area contributed by atoms with Crippen molar-refractivity contribution in [1.29, 1.82) is 0 Å². The molecular weight excluding hydrogens is 435 g/mol. The van der Waals surface area contributed by atoms with Gasteiger partial charge in [-0.1, -0.05) is 36.4 Å². The van der Waals surface area contributed by atoms with E-state index in [-0.39, 0.29) is 30.6 Å². The van der Waals surface area contributed by atoms with Gasteiger partial charge in [0, 0.05) is 18.7 Å². The van der Waals surface area contributed by atoms with Crippen molar-refractivity contribution < 1.29 is 23.5 Å². The Morgan fingerprint density at radius 2 is 1.85 bits per heavy atom. The predicted molar refractivity (Wildman–Crippen MR) is 126 cm³/mol. The molecule has 0 saturated heterocycles. The van der Waals surface area contributed by atoms with Crippen LogP contribution in [0.1, 0.15) is 46.4 Å². The summed E-state index contributed by atoms with van der Waals surface area (Å²) in [5, 5.41) is 2.88. The van der Waals surface area contributed by atoms with Crippen LogP contribution >= 0.6 is 0 Å². The minimum absolute atomic E-state index is 0.0675. The van der Waals surface area contributed by atoms with Gasteiger partial charge in [0.15, 0.2) is 11.5 Å². The predicted octanol–water partition coefficient (Wildman–Crippen LogP) is 4.64. The van der Waals surface area contributed by atoms with E-state index in [2.05, 4.69) is 5.32 Å². The number of nitrogens with one attached hydrogen (secondary N) is 1. The Balaban J connectivity index is 1.59. The zero-order valence-electron chi connectivity index (χ0n) is 19.2. The summed E-state index contributed by atoms with van der Waals surface area (Å²) >= 11 is 0. The lowest BCUT2D eigenvalue weighted by atomic mass is 10.0. The molecule has 0 fully saturated rings. The summed E-state index contributed by atoms with van der Waals surface area (Å²) in [7, 11) is 1.56. The molecule has 3 aromatic carbocycles. The van der Waals surface area contributed by atoms with E-state index in [1.807, 2.05) is 43.3 Å². The summed E-state index contributed by atoms with van der Waals surface area (Å²) in [6, 6.07) is 18.4. The van der Waals surface area contributed by atoms with Crippen molar-refractivity contribution in [2.45, 2.75) is 32.5 Å². The second-order valence-electron chi connectivity index (χ2n) is 8.06. The summed E-state index contributed by atoms with van der Waals surface area (Å²) in [6.45, 7) is 3.07. The fraction of sp³-hybridized carbons (Fsp3) is 0.259. The summed E-state index contributed by atoms with van der Waals surface area (Å²) in [5.74, 6) is 0.488. The summed E-state index contributed by atoms with van der Waals surface area (Å²) in [6.07, 6.45) is 0.0675. The Kier molecular flexibility index (Phi) is 7.11. The van der Waals surface area contributed by atoms with Crippen LogP contribution < -0.4 is 14.8 Å². The first-order valence-electron chi connectivity index (χ1n) is 11.2. The van der Waals surface area contributed by atoms with E-state index < -0.39 is 6.04 Å². The van der Waals surface area contributed by atoms with Crippen molar-refractivity contribution in [2.75, 3.05) is 13.7 Å². The minimum atomic E-state index is -0.502. The smallest absolute Gasteiger partial charge is 0.255 e. The van der Waals surface area contributed by atoms with Gasteiger partial charge in [0.2, 0.25) is 5.91 Å². The third-order valence-corrected chi connectivity index (χ3v) is 5.88. The molecule has 2 amide bonds.